The molecule has 2 saturated heterocycles. The maximum absolute atomic E-state index is 11.9. The Morgan fingerprint density at radius 1 is 1.53 bits per heavy atom. The number of nitrogens with zero attached hydrogens (tertiary/aromatic N) is 2. The molecule has 6 nitrogen and oxygen atoms in total. The van der Waals surface area contributed by atoms with Crippen LogP contribution in [0.25, 0.3) is 0 Å². The fraction of sp³-hybridized carbons (Fsp3) is 0.818. The number of carbonyl (C=O) groups is 2. The minimum Gasteiger partial charge on any atom is -0.530 e. The molecule has 96 valence electrons. The number of β-lactam (4-membered cyclic amide) rings is 1. The third-order valence-corrected chi connectivity index (χ3v) is 3.14. The van der Waals surface area contributed by atoms with Crippen LogP contribution in [-0.2, 0) is 9.53 Å². The van der Waals surface area contributed by atoms with Crippen LogP contribution in [0, 0.1) is 0 Å². The van der Waals surface area contributed by atoms with Crippen molar-refractivity contribution >= 4 is 12.0 Å². The summed E-state index contributed by atoms with van der Waals surface area (Å²) >= 11 is 0. The molecular formula is C11H17N2O4-. The zero-order valence-electron chi connectivity index (χ0n) is 10.3. The SMILES string of the molecule is CC(C)(C)N(C(=O)[O-])[C@@H]1C(=O)N2CCCOC12. The minimum absolute atomic E-state index is 0.186. The maximum atomic E-state index is 11.9. The molecule has 2 rings (SSSR count). The fourth-order valence-electron chi connectivity index (χ4n) is 2.41. The Balaban J connectivity index is 2.21. The molecule has 2 aliphatic rings. The Kier molecular flexibility index (Phi) is 2.77. The summed E-state index contributed by atoms with van der Waals surface area (Å²) < 4.78 is 5.46. The van der Waals surface area contributed by atoms with Gasteiger partial charge in [0.15, 0.2) is 12.3 Å². The third kappa shape index (κ3) is 1.86. The summed E-state index contributed by atoms with van der Waals surface area (Å²) in [7, 11) is 0. The largest absolute Gasteiger partial charge is 0.530 e. The predicted octanol–water partition coefficient (Wildman–Crippen LogP) is -0.613. The molecule has 2 heterocycles. The van der Waals surface area contributed by atoms with Gasteiger partial charge in [0, 0.05) is 12.1 Å². The molecule has 2 amide bonds. The smallest absolute Gasteiger partial charge is 0.252 e. The van der Waals surface area contributed by atoms with Gasteiger partial charge in [-0.3, -0.25) is 4.79 Å². The van der Waals surface area contributed by atoms with E-state index in [1.54, 1.807) is 25.7 Å². The zero-order chi connectivity index (χ0) is 12.8. The highest BCUT2D eigenvalue weighted by Gasteiger charge is 2.54. The first-order valence-corrected chi connectivity index (χ1v) is 5.76. The Bertz CT molecular complexity index is 350. The number of rotatable bonds is 1. The number of hydrogen-bond acceptors (Lipinski definition) is 4. The van der Waals surface area contributed by atoms with Gasteiger partial charge in [-0.05, 0) is 27.2 Å². The number of amides is 2. The highest BCUT2D eigenvalue weighted by molar-refractivity contribution is 5.91. The summed E-state index contributed by atoms with van der Waals surface area (Å²) in [5.41, 5.74) is -0.675. The second-order valence-electron chi connectivity index (χ2n) is 5.40. The minimum atomic E-state index is -1.33. The standard InChI is InChI=1S/C11H18N2O4/c1-11(2,3)13(10(15)16)7-8(14)12-5-4-6-17-9(7)12/h7,9H,4-6H2,1-3H3,(H,15,16)/p-1/t7-,9?/m1/s1. The molecule has 0 aliphatic carbocycles. The van der Waals surface area contributed by atoms with Gasteiger partial charge in [-0.1, -0.05) is 0 Å². The molecule has 0 spiro atoms. The highest BCUT2D eigenvalue weighted by atomic mass is 16.5. The molecule has 0 bridgehead atoms. The molecule has 0 saturated carbocycles. The predicted molar refractivity (Wildman–Crippen MR) is 56.8 cm³/mol. The molecule has 0 N–H and O–H groups in total. The van der Waals surface area contributed by atoms with Crippen LogP contribution in [0.4, 0.5) is 4.79 Å². The van der Waals surface area contributed by atoms with E-state index in [0.717, 1.165) is 11.3 Å². The molecule has 2 fully saturated rings. The van der Waals surface area contributed by atoms with Crippen molar-refractivity contribution in [2.45, 2.75) is 45.0 Å². The van der Waals surface area contributed by atoms with E-state index in [9.17, 15) is 14.7 Å². The topological polar surface area (TPSA) is 72.9 Å². The van der Waals surface area contributed by atoms with E-state index < -0.39 is 23.9 Å². The van der Waals surface area contributed by atoms with Crippen LogP contribution < -0.4 is 5.11 Å². The van der Waals surface area contributed by atoms with Crippen LogP contribution in [0.3, 0.4) is 0 Å². The zero-order valence-corrected chi connectivity index (χ0v) is 10.3. The second kappa shape index (κ2) is 3.87. The van der Waals surface area contributed by atoms with Crippen LogP contribution in [0.2, 0.25) is 0 Å². The van der Waals surface area contributed by atoms with Gasteiger partial charge in [0.25, 0.3) is 5.91 Å². The number of hydrogen-bond donors (Lipinski definition) is 0. The Morgan fingerprint density at radius 2 is 2.18 bits per heavy atom. The van der Waals surface area contributed by atoms with Crippen LogP contribution in [0.15, 0.2) is 0 Å². The lowest BCUT2D eigenvalue weighted by Crippen LogP contribution is -2.77. The van der Waals surface area contributed by atoms with E-state index in [-0.39, 0.29) is 5.91 Å². The summed E-state index contributed by atoms with van der Waals surface area (Å²) in [5.74, 6) is -0.186. The number of carbonyl (C=O) groups excluding carboxylic acids is 2. The lowest BCUT2D eigenvalue weighted by Gasteiger charge is -2.56. The van der Waals surface area contributed by atoms with Crippen molar-refractivity contribution in [3.63, 3.8) is 0 Å². The first kappa shape index (κ1) is 12.2. The quantitative estimate of drug-likeness (QED) is 0.574. The second-order valence-corrected chi connectivity index (χ2v) is 5.40. The van der Waals surface area contributed by atoms with Gasteiger partial charge in [-0.15, -0.1) is 0 Å². The number of carboxylic acid groups (broad SMARTS) is 1. The van der Waals surface area contributed by atoms with Crippen molar-refractivity contribution in [2.24, 2.45) is 0 Å². The van der Waals surface area contributed by atoms with Gasteiger partial charge < -0.3 is 24.4 Å². The molecule has 2 atom stereocenters. The molecule has 2 aliphatic heterocycles. The molecule has 0 radical (unpaired) electrons. The lowest BCUT2D eigenvalue weighted by atomic mass is 9.95. The number of fused-ring (bicyclic) bond motifs is 1. The van der Waals surface area contributed by atoms with E-state index in [1.165, 1.54) is 0 Å². The molecular weight excluding hydrogens is 224 g/mol. The summed E-state index contributed by atoms with van der Waals surface area (Å²) in [6.45, 7) is 6.42. The Morgan fingerprint density at radius 3 is 2.71 bits per heavy atom. The summed E-state index contributed by atoms with van der Waals surface area (Å²) in [5, 5.41) is 11.2. The monoisotopic (exact) mass is 241 g/mol. The molecule has 1 unspecified atom stereocenters. The first-order valence-electron chi connectivity index (χ1n) is 5.76. The van der Waals surface area contributed by atoms with Crippen LogP contribution >= 0.6 is 0 Å². The van der Waals surface area contributed by atoms with Gasteiger partial charge in [-0.25, -0.2) is 0 Å². The maximum Gasteiger partial charge on any atom is 0.252 e. The van der Waals surface area contributed by atoms with Crippen molar-refractivity contribution < 1.29 is 19.4 Å². The normalized spacial score (nSPS) is 28.4. The highest BCUT2D eigenvalue weighted by Crippen LogP contribution is 2.32. The van der Waals surface area contributed by atoms with Crippen molar-refractivity contribution in [3.8, 4) is 0 Å². The van der Waals surface area contributed by atoms with E-state index in [0.29, 0.717) is 13.2 Å². The summed E-state index contributed by atoms with van der Waals surface area (Å²) in [4.78, 5) is 25.8. The van der Waals surface area contributed by atoms with Crippen molar-refractivity contribution in [1.82, 2.24) is 9.80 Å². The average molecular weight is 241 g/mol. The molecule has 17 heavy (non-hydrogen) atoms. The first-order chi connectivity index (χ1) is 7.84. The van der Waals surface area contributed by atoms with Gasteiger partial charge in [-0.2, -0.15) is 0 Å². The summed E-state index contributed by atoms with van der Waals surface area (Å²) in [6, 6.07) is -0.750. The van der Waals surface area contributed by atoms with Crippen molar-refractivity contribution in [1.29, 1.82) is 0 Å². The average Bonchev–Trinajstić information content (AvgIpc) is 2.23. The Labute approximate surface area is 100 Å². The van der Waals surface area contributed by atoms with E-state index >= 15 is 0 Å². The van der Waals surface area contributed by atoms with Crippen LogP contribution in [-0.4, -0.2) is 52.8 Å². The van der Waals surface area contributed by atoms with E-state index in [4.69, 9.17) is 4.74 Å². The molecule has 0 aromatic heterocycles. The lowest BCUT2D eigenvalue weighted by molar-refractivity contribution is -0.285. The van der Waals surface area contributed by atoms with Gasteiger partial charge in [0.05, 0.1) is 6.61 Å². The number of ether oxygens (including phenoxy) is 1. The van der Waals surface area contributed by atoms with Gasteiger partial charge in [0.1, 0.15) is 6.09 Å². The molecule has 6 heteroatoms. The third-order valence-electron chi connectivity index (χ3n) is 3.14. The van der Waals surface area contributed by atoms with Gasteiger partial charge in [0.2, 0.25) is 0 Å². The fourth-order valence-corrected chi connectivity index (χ4v) is 2.41. The van der Waals surface area contributed by atoms with Crippen molar-refractivity contribution in [3.05, 3.63) is 0 Å². The van der Waals surface area contributed by atoms with E-state index in [1.807, 2.05) is 0 Å². The van der Waals surface area contributed by atoms with Gasteiger partial charge >= 0.3 is 0 Å². The van der Waals surface area contributed by atoms with Crippen LogP contribution in [0.1, 0.15) is 27.2 Å². The van der Waals surface area contributed by atoms with Crippen LogP contribution in [0.5, 0.6) is 0 Å². The van der Waals surface area contributed by atoms with Crippen molar-refractivity contribution in [2.75, 3.05) is 13.2 Å². The molecule has 0 aromatic carbocycles. The molecule has 0 aromatic rings. The Hall–Kier alpha value is -1.30. The summed E-state index contributed by atoms with van der Waals surface area (Å²) in [6.07, 6.45) is -0.964. The van der Waals surface area contributed by atoms with E-state index in [2.05, 4.69) is 0 Å².